The van der Waals surface area contributed by atoms with Crippen LogP contribution in [0.15, 0.2) is 36.5 Å². The van der Waals surface area contributed by atoms with Crippen molar-refractivity contribution in [2.24, 2.45) is 0 Å². The number of alkyl halides is 2. The number of nitrogens with zero attached hydrogens (tertiary/aromatic N) is 4. The van der Waals surface area contributed by atoms with E-state index in [1.165, 1.54) is 0 Å². The molecule has 6 nitrogen and oxygen atoms in total. The van der Waals surface area contributed by atoms with Crippen molar-refractivity contribution in [3.05, 3.63) is 47.7 Å². The Labute approximate surface area is 186 Å². The topological polar surface area (TPSA) is 63.1 Å². The normalized spacial score (nSPS) is 15.7. The lowest BCUT2D eigenvalue weighted by Crippen LogP contribution is -2.45. The first-order valence-electron chi connectivity index (χ1n) is 11.1. The summed E-state index contributed by atoms with van der Waals surface area (Å²) in [5, 5.41) is 8.29. The number of aromatic nitrogens is 3. The van der Waals surface area contributed by atoms with Crippen LogP contribution in [0.5, 0.6) is 0 Å². The summed E-state index contributed by atoms with van der Waals surface area (Å²) >= 11 is 0. The van der Waals surface area contributed by atoms with E-state index in [0.717, 1.165) is 16.8 Å². The predicted octanol–water partition coefficient (Wildman–Crippen LogP) is 4.45. The minimum atomic E-state index is -2.33. The van der Waals surface area contributed by atoms with Crippen LogP contribution in [0.25, 0.3) is 22.3 Å². The van der Waals surface area contributed by atoms with Gasteiger partial charge < -0.3 is 5.32 Å². The van der Waals surface area contributed by atoms with E-state index < -0.39 is 6.43 Å². The van der Waals surface area contributed by atoms with Gasteiger partial charge >= 0.3 is 0 Å². The molecule has 8 heteroatoms. The average molecular weight is 442 g/mol. The van der Waals surface area contributed by atoms with E-state index in [1.807, 2.05) is 55.8 Å². The van der Waals surface area contributed by atoms with Crippen LogP contribution in [0.1, 0.15) is 48.7 Å². The Balaban J connectivity index is 1.62. The zero-order valence-electron chi connectivity index (χ0n) is 18.7. The molecule has 0 bridgehead atoms. The van der Waals surface area contributed by atoms with Crippen molar-refractivity contribution in [1.82, 2.24) is 25.0 Å². The van der Waals surface area contributed by atoms with Gasteiger partial charge in [0.1, 0.15) is 0 Å². The van der Waals surface area contributed by atoms with E-state index in [9.17, 15) is 13.6 Å². The molecular weight excluding hydrogens is 412 g/mol. The summed E-state index contributed by atoms with van der Waals surface area (Å²) in [6.07, 6.45) is 0.677. The molecule has 0 aliphatic carbocycles. The van der Waals surface area contributed by atoms with Crippen molar-refractivity contribution in [1.29, 1.82) is 0 Å². The number of carbonyl (C=O) groups is 1. The van der Waals surface area contributed by atoms with Gasteiger partial charge in [-0.3, -0.25) is 9.69 Å². The first kappa shape index (κ1) is 22.3. The Bertz CT molecular complexity index is 1090. The van der Waals surface area contributed by atoms with Crippen molar-refractivity contribution < 1.29 is 13.6 Å². The average Bonchev–Trinajstić information content (AvgIpc) is 3.19. The molecule has 1 aromatic carbocycles. The third-order valence-corrected chi connectivity index (χ3v) is 5.97. The number of likely N-dealkylation sites (tertiary alicyclic amines) is 1. The molecule has 0 unspecified atom stereocenters. The summed E-state index contributed by atoms with van der Waals surface area (Å²) < 4.78 is 27.1. The summed E-state index contributed by atoms with van der Waals surface area (Å²) in [5.41, 5.74) is 4.01. The van der Waals surface area contributed by atoms with Gasteiger partial charge in [0.15, 0.2) is 5.65 Å². The van der Waals surface area contributed by atoms with Gasteiger partial charge in [-0.15, -0.1) is 0 Å². The number of hydrogen-bond donors (Lipinski definition) is 1. The predicted molar refractivity (Wildman–Crippen MR) is 121 cm³/mol. The van der Waals surface area contributed by atoms with E-state index in [2.05, 4.69) is 10.4 Å². The minimum absolute atomic E-state index is 0.0393. The number of halogens is 2. The Morgan fingerprint density at radius 2 is 1.88 bits per heavy atom. The number of piperidine rings is 1. The molecule has 3 aromatic rings. The number of nitrogens with one attached hydrogen (secondary N) is 1. The third-order valence-electron chi connectivity index (χ3n) is 5.97. The van der Waals surface area contributed by atoms with Crippen molar-refractivity contribution in [2.45, 2.75) is 52.1 Å². The summed E-state index contributed by atoms with van der Waals surface area (Å²) in [7, 11) is 0. The highest BCUT2D eigenvalue weighted by Crippen LogP contribution is 2.27. The quantitative estimate of drug-likeness (QED) is 0.614. The number of amides is 1. The van der Waals surface area contributed by atoms with Gasteiger partial charge in [-0.2, -0.15) is 5.10 Å². The molecule has 0 atom stereocenters. The highest BCUT2D eigenvalue weighted by Gasteiger charge is 2.25. The molecule has 1 fully saturated rings. The second-order valence-electron chi connectivity index (χ2n) is 8.78. The fourth-order valence-corrected chi connectivity index (χ4v) is 4.17. The van der Waals surface area contributed by atoms with Gasteiger partial charge in [0.05, 0.1) is 29.4 Å². The van der Waals surface area contributed by atoms with Crippen LogP contribution in [0.3, 0.4) is 0 Å². The first-order chi connectivity index (χ1) is 15.3. The minimum Gasteiger partial charge on any atom is -0.349 e. The lowest BCUT2D eigenvalue weighted by Gasteiger charge is -2.32. The summed E-state index contributed by atoms with van der Waals surface area (Å²) in [4.78, 5) is 19.9. The van der Waals surface area contributed by atoms with Crippen LogP contribution in [0.4, 0.5) is 8.78 Å². The second-order valence-corrected chi connectivity index (χ2v) is 8.78. The van der Waals surface area contributed by atoms with Gasteiger partial charge in [0.2, 0.25) is 0 Å². The monoisotopic (exact) mass is 441 g/mol. The number of hydrogen-bond acceptors (Lipinski definition) is 4. The van der Waals surface area contributed by atoms with Crippen molar-refractivity contribution >= 4 is 16.9 Å². The molecule has 1 N–H and O–H groups in total. The number of fused-ring (bicyclic) bond motifs is 1. The number of rotatable bonds is 6. The van der Waals surface area contributed by atoms with E-state index >= 15 is 0 Å². The van der Waals surface area contributed by atoms with Gasteiger partial charge in [-0.05, 0) is 39.7 Å². The number of benzene rings is 1. The summed E-state index contributed by atoms with van der Waals surface area (Å²) in [6, 6.07) is 9.92. The van der Waals surface area contributed by atoms with E-state index in [0.29, 0.717) is 42.5 Å². The molecule has 0 saturated carbocycles. The van der Waals surface area contributed by atoms with Crippen LogP contribution in [-0.4, -0.2) is 57.7 Å². The molecule has 1 saturated heterocycles. The van der Waals surface area contributed by atoms with E-state index in [4.69, 9.17) is 4.98 Å². The zero-order chi connectivity index (χ0) is 22.8. The SMILES string of the molecule is Cc1ccc(-c2cc(C(=O)NC3CCN(CC(F)F)CC3)c3cnn(C(C)C)c3n2)cc1. The molecule has 4 rings (SSSR count). The highest BCUT2D eigenvalue weighted by atomic mass is 19.3. The molecule has 0 spiro atoms. The van der Waals surface area contributed by atoms with Crippen LogP contribution in [0, 0.1) is 6.92 Å². The molecule has 0 radical (unpaired) electrons. The van der Waals surface area contributed by atoms with Crippen LogP contribution < -0.4 is 5.32 Å². The Kier molecular flexibility index (Phi) is 6.50. The van der Waals surface area contributed by atoms with Gasteiger partial charge in [0.25, 0.3) is 12.3 Å². The molecule has 170 valence electrons. The maximum absolute atomic E-state index is 13.3. The van der Waals surface area contributed by atoms with Crippen LogP contribution in [0.2, 0.25) is 0 Å². The maximum atomic E-state index is 13.3. The molecular formula is C24H29F2N5O. The van der Waals surface area contributed by atoms with E-state index in [1.54, 1.807) is 11.1 Å². The van der Waals surface area contributed by atoms with Crippen molar-refractivity contribution in [3.8, 4) is 11.3 Å². The number of aryl methyl sites for hydroxylation is 1. The molecule has 3 heterocycles. The van der Waals surface area contributed by atoms with Gasteiger partial charge in [-0.25, -0.2) is 18.4 Å². The summed E-state index contributed by atoms with van der Waals surface area (Å²) in [6.45, 7) is 6.99. The van der Waals surface area contributed by atoms with Crippen LogP contribution >= 0.6 is 0 Å². The fourth-order valence-electron chi connectivity index (χ4n) is 4.17. The lowest BCUT2D eigenvalue weighted by atomic mass is 10.0. The van der Waals surface area contributed by atoms with Gasteiger partial charge in [-0.1, -0.05) is 29.8 Å². The third kappa shape index (κ3) is 4.80. The smallest absolute Gasteiger partial charge is 0.252 e. The Morgan fingerprint density at radius 1 is 1.19 bits per heavy atom. The molecule has 1 amide bonds. The fraction of sp³-hybridized carbons (Fsp3) is 0.458. The largest absolute Gasteiger partial charge is 0.349 e. The van der Waals surface area contributed by atoms with Gasteiger partial charge in [0, 0.05) is 30.7 Å². The number of pyridine rings is 1. The molecule has 1 aliphatic heterocycles. The Morgan fingerprint density at radius 3 is 2.50 bits per heavy atom. The summed E-state index contributed by atoms with van der Waals surface area (Å²) in [5.74, 6) is -0.179. The molecule has 2 aromatic heterocycles. The Hall–Kier alpha value is -2.87. The van der Waals surface area contributed by atoms with E-state index in [-0.39, 0.29) is 24.5 Å². The first-order valence-corrected chi connectivity index (χ1v) is 11.1. The number of carbonyl (C=O) groups excluding carboxylic acids is 1. The zero-order valence-corrected chi connectivity index (χ0v) is 18.7. The highest BCUT2D eigenvalue weighted by molar-refractivity contribution is 6.06. The second kappa shape index (κ2) is 9.32. The standard InChI is InChI=1S/C24H29F2N5O/c1-15(2)31-23-20(13-27-31)19(12-21(29-23)17-6-4-16(3)5-7-17)24(32)28-18-8-10-30(11-9-18)14-22(25)26/h4-7,12-13,15,18,22H,8-11,14H2,1-3H3,(H,28,32). The maximum Gasteiger partial charge on any atom is 0.252 e. The van der Waals surface area contributed by atoms with Crippen molar-refractivity contribution in [3.63, 3.8) is 0 Å². The van der Waals surface area contributed by atoms with Crippen molar-refractivity contribution in [2.75, 3.05) is 19.6 Å². The molecule has 32 heavy (non-hydrogen) atoms. The lowest BCUT2D eigenvalue weighted by molar-refractivity contribution is 0.0696. The molecule has 1 aliphatic rings. The van der Waals surface area contributed by atoms with Crippen LogP contribution in [-0.2, 0) is 0 Å².